The quantitative estimate of drug-likeness (QED) is 0.473. The minimum atomic E-state index is -2.65. The van der Waals surface area contributed by atoms with E-state index in [1.807, 2.05) is 91.0 Å². The summed E-state index contributed by atoms with van der Waals surface area (Å²) in [5, 5.41) is 3.03. The molecular weight excluding hydrogens is 353 g/mol. The lowest BCUT2D eigenvalue weighted by Crippen LogP contribution is -2.29. The largest absolute Gasteiger partial charge is 0.273 e. The maximum Gasteiger partial charge on any atom is 0.273 e. The molecule has 0 aliphatic carbocycles. The highest BCUT2D eigenvalue weighted by atomic mass is 32.1. The zero-order valence-electron chi connectivity index (χ0n) is 13.4. The summed E-state index contributed by atoms with van der Waals surface area (Å²) in [5.74, 6) is 1.63. The first-order valence-electron chi connectivity index (χ1n) is 7.88. The van der Waals surface area contributed by atoms with Crippen molar-refractivity contribution in [3.05, 3.63) is 91.0 Å². The van der Waals surface area contributed by atoms with Gasteiger partial charge in [0.1, 0.15) is 0 Å². The average molecular weight is 370 g/mol. The van der Waals surface area contributed by atoms with Gasteiger partial charge in [-0.05, 0) is 28.6 Å². The molecule has 4 heteroatoms. The third-order valence-corrected chi connectivity index (χ3v) is 8.50. The molecule has 25 heavy (non-hydrogen) atoms. The molecule has 0 saturated heterocycles. The van der Waals surface area contributed by atoms with E-state index in [2.05, 4.69) is 0 Å². The first-order valence-corrected chi connectivity index (χ1v) is 10.1. The molecule has 3 rings (SSSR count). The monoisotopic (exact) mass is 370 g/mol. The molecule has 126 valence electrons. The van der Waals surface area contributed by atoms with Gasteiger partial charge in [-0.2, -0.15) is 0 Å². The molecule has 0 atom stereocenters. The van der Waals surface area contributed by atoms with Crippen molar-refractivity contribution in [2.45, 2.75) is 6.43 Å². The summed E-state index contributed by atoms with van der Waals surface area (Å²) < 4.78 is 26.7. The zero-order valence-corrected chi connectivity index (χ0v) is 15.1. The van der Waals surface area contributed by atoms with E-state index in [1.54, 1.807) is 5.80 Å². The summed E-state index contributed by atoms with van der Waals surface area (Å²) in [6.07, 6.45) is -2.65. The highest BCUT2D eigenvalue weighted by Crippen LogP contribution is 2.43. The van der Waals surface area contributed by atoms with E-state index in [9.17, 15) is 8.78 Å². The third kappa shape index (κ3) is 3.63. The topological polar surface area (TPSA) is 0 Å². The molecule has 0 bridgehead atoms. The standard InChI is InChI=1S/C21H17F2PS/c22-21(23)20(25)16-24(17-10-4-1-5-11-17,18-12-6-2-7-13-18)19-14-8-3-9-15-19/h1-16,21H. The molecule has 3 aromatic carbocycles. The summed E-state index contributed by atoms with van der Waals surface area (Å²) in [6, 6.07) is 29.4. The smallest absolute Gasteiger partial charge is 0.204 e. The molecule has 0 fully saturated rings. The number of thiocarbonyl (C=S) groups is 1. The van der Waals surface area contributed by atoms with E-state index in [-0.39, 0.29) is 4.86 Å². The van der Waals surface area contributed by atoms with Gasteiger partial charge in [-0.1, -0.05) is 103 Å². The Hall–Kier alpha value is -2.09. The van der Waals surface area contributed by atoms with Gasteiger partial charge < -0.3 is 0 Å². The molecule has 0 saturated carbocycles. The minimum Gasteiger partial charge on any atom is -0.204 e. The normalized spacial score (nSPS) is 11.3. The van der Waals surface area contributed by atoms with Gasteiger partial charge in [0, 0.05) is 0 Å². The lowest BCUT2D eigenvalue weighted by molar-refractivity contribution is 0.231. The third-order valence-electron chi connectivity index (χ3n) is 4.03. The van der Waals surface area contributed by atoms with Gasteiger partial charge in [-0.3, -0.25) is 0 Å². The molecule has 0 radical (unpaired) electrons. The van der Waals surface area contributed by atoms with Crippen molar-refractivity contribution in [2.24, 2.45) is 0 Å². The van der Waals surface area contributed by atoms with E-state index in [4.69, 9.17) is 12.2 Å². The van der Waals surface area contributed by atoms with E-state index < -0.39 is 13.3 Å². The molecular formula is C21H17F2PS. The van der Waals surface area contributed by atoms with Crippen molar-refractivity contribution in [1.29, 1.82) is 0 Å². The number of alkyl halides is 2. The van der Waals surface area contributed by atoms with Crippen LogP contribution >= 0.6 is 19.1 Å². The molecule has 3 aromatic rings. The summed E-state index contributed by atoms with van der Waals surface area (Å²) in [5.41, 5.74) is 0. The summed E-state index contributed by atoms with van der Waals surface area (Å²) in [4.78, 5) is -0.301. The maximum atomic E-state index is 13.4. The second-order valence-electron chi connectivity index (χ2n) is 5.56. The molecule has 0 spiro atoms. The Balaban J connectivity index is 2.43. The highest BCUT2D eigenvalue weighted by Gasteiger charge is 2.26. The average Bonchev–Trinajstić information content (AvgIpc) is 2.68. The van der Waals surface area contributed by atoms with Crippen LogP contribution in [-0.4, -0.2) is 17.1 Å². The second-order valence-corrected chi connectivity index (χ2v) is 9.29. The molecule has 0 amide bonds. The van der Waals surface area contributed by atoms with Crippen molar-refractivity contribution in [3.63, 3.8) is 0 Å². The summed E-state index contributed by atoms with van der Waals surface area (Å²) in [6.45, 7) is -2.41. The van der Waals surface area contributed by atoms with Crippen molar-refractivity contribution in [2.75, 3.05) is 0 Å². The molecule has 0 N–H and O–H groups in total. The lowest BCUT2D eigenvalue weighted by Gasteiger charge is -2.28. The highest BCUT2D eigenvalue weighted by molar-refractivity contribution is 7.97. The van der Waals surface area contributed by atoms with Gasteiger partial charge in [0.2, 0.25) is 0 Å². The van der Waals surface area contributed by atoms with Gasteiger partial charge in [-0.25, -0.2) is 8.78 Å². The van der Waals surface area contributed by atoms with Crippen molar-refractivity contribution >= 4 is 45.7 Å². The van der Waals surface area contributed by atoms with Gasteiger partial charge >= 0.3 is 0 Å². The van der Waals surface area contributed by atoms with E-state index >= 15 is 0 Å². The van der Waals surface area contributed by atoms with Gasteiger partial charge in [0.05, 0.1) is 4.86 Å². The lowest BCUT2D eigenvalue weighted by atomic mass is 10.4. The molecule has 0 aromatic heterocycles. The fourth-order valence-electron chi connectivity index (χ4n) is 2.91. The fraction of sp³-hybridized carbons (Fsp3) is 0.0476. The zero-order chi connectivity index (χ0) is 17.7. The van der Waals surface area contributed by atoms with Gasteiger partial charge in [-0.15, -0.1) is 0 Å². The van der Waals surface area contributed by atoms with E-state index in [1.165, 1.54) is 0 Å². The summed E-state index contributed by atoms with van der Waals surface area (Å²) >= 11 is 5.05. The predicted octanol–water partition coefficient (Wildman–Crippen LogP) is 4.42. The second kappa shape index (κ2) is 7.86. The SMILES string of the molecule is FC(F)C(=S)C=P(c1ccccc1)(c1ccccc1)c1ccccc1. The Morgan fingerprint density at radius 3 is 1.28 bits per heavy atom. The Bertz CT molecular complexity index is 788. The van der Waals surface area contributed by atoms with Gasteiger partial charge in [0.15, 0.2) is 0 Å². The number of hydrogen-bond donors (Lipinski definition) is 0. The molecule has 0 aliphatic heterocycles. The van der Waals surface area contributed by atoms with Crippen molar-refractivity contribution in [3.8, 4) is 0 Å². The van der Waals surface area contributed by atoms with Crippen LogP contribution in [0.2, 0.25) is 0 Å². The molecule has 0 heterocycles. The van der Waals surface area contributed by atoms with Crippen LogP contribution in [0.1, 0.15) is 0 Å². The van der Waals surface area contributed by atoms with E-state index in [0.717, 1.165) is 15.9 Å². The van der Waals surface area contributed by atoms with E-state index in [0.29, 0.717) is 0 Å². The van der Waals surface area contributed by atoms with Crippen molar-refractivity contribution < 1.29 is 8.78 Å². The summed E-state index contributed by atoms with van der Waals surface area (Å²) in [7, 11) is 0. The Morgan fingerprint density at radius 2 is 1.00 bits per heavy atom. The number of halogens is 2. The number of rotatable bonds is 5. The van der Waals surface area contributed by atoms with Gasteiger partial charge in [0.25, 0.3) is 6.43 Å². The van der Waals surface area contributed by atoms with Crippen LogP contribution in [0.5, 0.6) is 0 Å². The molecule has 0 nitrogen and oxygen atoms in total. The molecule has 0 aliphatic rings. The number of benzene rings is 3. The van der Waals surface area contributed by atoms with Crippen LogP contribution in [0.4, 0.5) is 8.78 Å². The first kappa shape index (κ1) is 17.7. The van der Waals surface area contributed by atoms with Crippen LogP contribution in [-0.2, 0) is 0 Å². The first-order chi connectivity index (χ1) is 12.1. The predicted molar refractivity (Wildman–Crippen MR) is 110 cm³/mol. The van der Waals surface area contributed by atoms with Crippen LogP contribution in [0.15, 0.2) is 91.0 Å². The minimum absolute atomic E-state index is 0.301. The maximum absolute atomic E-state index is 13.4. The van der Waals surface area contributed by atoms with Crippen molar-refractivity contribution in [1.82, 2.24) is 0 Å². The van der Waals surface area contributed by atoms with Crippen LogP contribution in [0, 0.1) is 0 Å². The molecule has 0 unspecified atom stereocenters. The van der Waals surface area contributed by atoms with Crippen LogP contribution < -0.4 is 15.9 Å². The van der Waals surface area contributed by atoms with Crippen LogP contribution in [0.25, 0.3) is 0 Å². The number of hydrogen-bond acceptors (Lipinski definition) is 1. The van der Waals surface area contributed by atoms with Crippen LogP contribution in [0.3, 0.4) is 0 Å². The Morgan fingerprint density at radius 1 is 0.680 bits per heavy atom. The Kier molecular flexibility index (Phi) is 5.57. The Labute approximate surface area is 152 Å². The fourth-order valence-corrected chi connectivity index (χ4v) is 7.15.